The molecule has 4 rings (SSSR count). The van der Waals surface area contributed by atoms with Crippen LogP contribution in [0.25, 0.3) is 10.8 Å². The number of hydrogen-bond acceptors (Lipinski definition) is 3. The van der Waals surface area contributed by atoms with Gasteiger partial charge < -0.3 is 15.4 Å². The second kappa shape index (κ2) is 7.94. The summed E-state index contributed by atoms with van der Waals surface area (Å²) in [4.78, 5) is 17.2. The third-order valence-corrected chi connectivity index (χ3v) is 6.10. The number of halogens is 1. The van der Waals surface area contributed by atoms with Gasteiger partial charge in [-0.1, -0.05) is 26.0 Å². The fourth-order valence-electron chi connectivity index (χ4n) is 4.23. The Labute approximate surface area is 175 Å². The first kappa shape index (κ1) is 20.1. The van der Waals surface area contributed by atoms with E-state index in [1.165, 1.54) is 12.1 Å². The lowest BCUT2D eigenvalue weighted by Gasteiger charge is -2.41. The normalized spacial score (nSPS) is 17.1. The molecular formula is C24H26FN3O2. The zero-order valence-corrected chi connectivity index (χ0v) is 17.5. The van der Waals surface area contributed by atoms with Crippen LogP contribution in [0.2, 0.25) is 0 Å². The molecule has 2 aromatic carbocycles. The number of anilines is 1. The van der Waals surface area contributed by atoms with E-state index in [2.05, 4.69) is 29.5 Å². The van der Waals surface area contributed by atoms with E-state index in [4.69, 9.17) is 4.74 Å². The maximum Gasteiger partial charge on any atom is 0.319 e. The number of nitrogens with zero attached hydrogens (tertiary/aromatic N) is 1. The van der Waals surface area contributed by atoms with E-state index in [0.29, 0.717) is 23.4 Å². The van der Waals surface area contributed by atoms with Gasteiger partial charge in [0.25, 0.3) is 0 Å². The largest absolute Gasteiger partial charge is 0.487 e. The molecular weight excluding hydrogens is 381 g/mol. The van der Waals surface area contributed by atoms with Gasteiger partial charge in [-0.2, -0.15) is 0 Å². The number of aryl methyl sites for hydroxylation is 1. The lowest BCUT2D eigenvalue weighted by Crippen LogP contribution is -2.45. The molecule has 0 fully saturated rings. The first-order valence-corrected chi connectivity index (χ1v) is 10.3. The predicted octanol–water partition coefficient (Wildman–Crippen LogP) is 5.89. The van der Waals surface area contributed by atoms with Crippen molar-refractivity contribution >= 4 is 22.5 Å². The summed E-state index contributed by atoms with van der Waals surface area (Å²) in [6.07, 6.45) is 3.92. The zero-order chi connectivity index (χ0) is 21.3. The van der Waals surface area contributed by atoms with Gasteiger partial charge in [0.15, 0.2) is 0 Å². The van der Waals surface area contributed by atoms with Crippen molar-refractivity contribution in [2.45, 2.75) is 51.7 Å². The van der Waals surface area contributed by atoms with Crippen molar-refractivity contribution in [2.75, 3.05) is 5.32 Å². The van der Waals surface area contributed by atoms with Gasteiger partial charge in [0.05, 0.1) is 11.7 Å². The van der Waals surface area contributed by atoms with Gasteiger partial charge in [-0.05, 0) is 50.1 Å². The quantitative estimate of drug-likeness (QED) is 0.567. The van der Waals surface area contributed by atoms with Crippen LogP contribution in [-0.4, -0.2) is 16.6 Å². The highest BCUT2D eigenvalue weighted by Crippen LogP contribution is 2.43. The molecule has 3 aromatic rings. The Hall–Kier alpha value is -3.15. The summed E-state index contributed by atoms with van der Waals surface area (Å²) < 4.78 is 20.2. The van der Waals surface area contributed by atoms with Gasteiger partial charge >= 0.3 is 6.03 Å². The fourth-order valence-corrected chi connectivity index (χ4v) is 4.23. The number of rotatable bonds is 4. The van der Waals surface area contributed by atoms with Gasteiger partial charge in [0, 0.05) is 34.6 Å². The van der Waals surface area contributed by atoms with Crippen LogP contribution in [0.4, 0.5) is 14.9 Å². The molecule has 1 unspecified atom stereocenters. The summed E-state index contributed by atoms with van der Waals surface area (Å²) in [6, 6.07) is 11.4. The van der Waals surface area contributed by atoms with Crippen molar-refractivity contribution in [3.63, 3.8) is 0 Å². The molecule has 0 radical (unpaired) electrons. The Balaban J connectivity index is 1.61. The number of ether oxygens (including phenoxy) is 1. The summed E-state index contributed by atoms with van der Waals surface area (Å²) in [7, 11) is 0. The molecule has 1 aliphatic rings. The van der Waals surface area contributed by atoms with Gasteiger partial charge in [-0.15, -0.1) is 0 Å². The molecule has 2 N–H and O–H groups in total. The molecule has 0 bridgehead atoms. The smallest absolute Gasteiger partial charge is 0.319 e. The number of hydrogen-bond donors (Lipinski definition) is 2. The van der Waals surface area contributed by atoms with Crippen molar-refractivity contribution < 1.29 is 13.9 Å². The Morgan fingerprint density at radius 1 is 1.20 bits per heavy atom. The summed E-state index contributed by atoms with van der Waals surface area (Å²) in [5, 5.41) is 7.91. The molecule has 6 heteroatoms. The van der Waals surface area contributed by atoms with Gasteiger partial charge in [0.1, 0.15) is 17.2 Å². The lowest BCUT2D eigenvalue weighted by molar-refractivity contribution is 0.0245. The van der Waals surface area contributed by atoms with E-state index in [9.17, 15) is 9.18 Å². The predicted molar refractivity (Wildman–Crippen MR) is 116 cm³/mol. The molecule has 0 saturated carbocycles. The van der Waals surface area contributed by atoms with Gasteiger partial charge in [0.2, 0.25) is 0 Å². The number of fused-ring (bicyclic) bond motifs is 2. The van der Waals surface area contributed by atoms with E-state index in [1.807, 2.05) is 31.2 Å². The van der Waals surface area contributed by atoms with Crippen molar-refractivity contribution in [3.8, 4) is 5.75 Å². The van der Waals surface area contributed by atoms with Crippen LogP contribution in [0.1, 0.15) is 50.4 Å². The van der Waals surface area contributed by atoms with Crippen molar-refractivity contribution in [3.05, 3.63) is 65.7 Å². The number of pyridine rings is 1. The molecule has 156 valence electrons. The van der Waals surface area contributed by atoms with Crippen molar-refractivity contribution in [1.82, 2.24) is 10.3 Å². The number of urea groups is 1. The molecule has 5 nitrogen and oxygen atoms in total. The molecule has 0 spiro atoms. The number of benzene rings is 2. The average Bonchev–Trinajstić information content (AvgIpc) is 2.74. The maximum atomic E-state index is 13.9. The first-order chi connectivity index (χ1) is 14.4. The van der Waals surface area contributed by atoms with Crippen LogP contribution in [-0.2, 0) is 0 Å². The molecule has 1 aromatic heterocycles. The number of aromatic nitrogens is 1. The van der Waals surface area contributed by atoms with Crippen LogP contribution in [0.3, 0.4) is 0 Å². The fraction of sp³-hybridized carbons (Fsp3) is 0.333. The number of amides is 2. The van der Waals surface area contributed by atoms with Crippen molar-refractivity contribution in [2.24, 2.45) is 0 Å². The average molecular weight is 407 g/mol. The van der Waals surface area contributed by atoms with E-state index in [1.54, 1.807) is 12.3 Å². The third kappa shape index (κ3) is 3.70. The van der Waals surface area contributed by atoms with Gasteiger partial charge in [-0.25, -0.2) is 9.18 Å². The van der Waals surface area contributed by atoms with Gasteiger partial charge in [-0.3, -0.25) is 4.98 Å². The van der Waals surface area contributed by atoms with Crippen LogP contribution >= 0.6 is 0 Å². The van der Waals surface area contributed by atoms with Crippen LogP contribution < -0.4 is 15.4 Å². The Morgan fingerprint density at radius 2 is 2.00 bits per heavy atom. The summed E-state index contributed by atoms with van der Waals surface area (Å²) in [6.45, 7) is 6.08. The Morgan fingerprint density at radius 3 is 2.77 bits per heavy atom. The monoisotopic (exact) mass is 407 g/mol. The van der Waals surface area contributed by atoms with E-state index in [-0.39, 0.29) is 23.5 Å². The molecule has 1 aliphatic heterocycles. The second-order valence-electron chi connectivity index (χ2n) is 7.83. The highest BCUT2D eigenvalue weighted by molar-refractivity contribution is 6.02. The third-order valence-electron chi connectivity index (χ3n) is 6.10. The zero-order valence-electron chi connectivity index (χ0n) is 17.5. The summed E-state index contributed by atoms with van der Waals surface area (Å²) in [5.41, 5.74) is 1.89. The van der Waals surface area contributed by atoms with Crippen molar-refractivity contribution in [1.29, 1.82) is 0 Å². The summed E-state index contributed by atoms with van der Waals surface area (Å²) in [5.74, 6) is 0.283. The maximum absolute atomic E-state index is 13.9. The van der Waals surface area contributed by atoms with Crippen LogP contribution in [0, 0.1) is 12.7 Å². The highest BCUT2D eigenvalue weighted by atomic mass is 19.1. The molecule has 2 amide bonds. The van der Waals surface area contributed by atoms with Crippen LogP contribution in [0.5, 0.6) is 5.75 Å². The molecule has 2 heterocycles. The Bertz CT molecular complexity index is 1100. The minimum Gasteiger partial charge on any atom is -0.487 e. The number of nitrogens with one attached hydrogen (secondary N) is 2. The molecule has 0 saturated heterocycles. The molecule has 1 atom stereocenters. The number of carbonyl (C=O) groups is 1. The minimum atomic E-state index is -0.384. The van der Waals surface area contributed by atoms with E-state index >= 15 is 0 Å². The standard InChI is InChI=1S/C24H26FN3O2/c1-4-24(5-2)14-21(19-13-16(25)9-10-22(19)30-24)28-23(29)27-20-8-6-7-17-15(3)26-12-11-18(17)20/h6-13,21H,4-5,14H2,1-3H3,(H2,27,28,29). The van der Waals surface area contributed by atoms with E-state index in [0.717, 1.165) is 29.3 Å². The Kier molecular flexibility index (Phi) is 5.33. The van der Waals surface area contributed by atoms with E-state index < -0.39 is 0 Å². The topological polar surface area (TPSA) is 63.2 Å². The van der Waals surface area contributed by atoms with Crippen LogP contribution in [0.15, 0.2) is 48.7 Å². The first-order valence-electron chi connectivity index (χ1n) is 10.3. The molecule has 30 heavy (non-hydrogen) atoms. The minimum absolute atomic E-state index is 0.333. The molecule has 0 aliphatic carbocycles. The highest BCUT2D eigenvalue weighted by Gasteiger charge is 2.39. The summed E-state index contributed by atoms with van der Waals surface area (Å²) >= 11 is 0. The SMILES string of the molecule is CCC1(CC)CC(NC(=O)Nc2cccc3c(C)nccc23)c2cc(F)ccc2O1. The second-order valence-corrected chi connectivity index (χ2v) is 7.83. The number of carbonyl (C=O) groups excluding carboxylic acids is 1. The lowest BCUT2D eigenvalue weighted by atomic mass is 9.83.